The van der Waals surface area contributed by atoms with Crippen molar-refractivity contribution in [2.45, 2.75) is 19.4 Å². The highest BCUT2D eigenvalue weighted by Gasteiger charge is 2.17. The minimum Gasteiger partial charge on any atom is -0.357 e. The first-order valence-electron chi connectivity index (χ1n) is 6.07. The first kappa shape index (κ1) is 13.7. The number of nitrogens with one attached hydrogen (secondary N) is 1. The van der Waals surface area contributed by atoms with E-state index in [0.29, 0.717) is 11.8 Å². The highest BCUT2D eigenvalue weighted by molar-refractivity contribution is 7.09. The lowest BCUT2D eigenvalue weighted by molar-refractivity contribution is 0.590. The Morgan fingerprint density at radius 3 is 2.95 bits per heavy atom. The zero-order valence-electron chi connectivity index (χ0n) is 11.2. The van der Waals surface area contributed by atoms with Crippen LogP contribution in [0.4, 0.5) is 16.2 Å². The van der Waals surface area contributed by atoms with Crippen molar-refractivity contribution in [2.24, 2.45) is 0 Å². The Morgan fingerprint density at radius 1 is 1.53 bits per heavy atom. The summed E-state index contributed by atoms with van der Waals surface area (Å²) in [5.74, 6) is 0.342. The molecule has 0 saturated heterocycles. The minimum atomic E-state index is -0.403. The van der Waals surface area contributed by atoms with Crippen molar-refractivity contribution in [1.29, 1.82) is 0 Å². The van der Waals surface area contributed by atoms with Crippen LogP contribution in [0, 0.1) is 5.82 Å². The molecular formula is C13H17FN4S. The van der Waals surface area contributed by atoms with Crippen LogP contribution in [0.15, 0.2) is 23.7 Å². The molecule has 2 rings (SSSR count). The average Bonchev–Trinajstić information content (AvgIpc) is 2.91. The highest BCUT2D eigenvalue weighted by atomic mass is 32.1. The Labute approximate surface area is 116 Å². The summed E-state index contributed by atoms with van der Waals surface area (Å²) in [5.41, 5.74) is 0. The molecule has 0 fully saturated rings. The first-order valence-corrected chi connectivity index (χ1v) is 6.95. The van der Waals surface area contributed by atoms with E-state index in [9.17, 15) is 4.39 Å². The summed E-state index contributed by atoms with van der Waals surface area (Å²) in [7, 11) is 3.56. The predicted molar refractivity (Wildman–Crippen MR) is 77.4 cm³/mol. The normalized spacial score (nSPS) is 12.2. The Kier molecular flexibility index (Phi) is 4.31. The second-order valence-electron chi connectivity index (χ2n) is 4.36. The van der Waals surface area contributed by atoms with Gasteiger partial charge in [0.15, 0.2) is 11.6 Å². The van der Waals surface area contributed by atoms with Crippen LogP contribution in [-0.4, -0.2) is 30.1 Å². The van der Waals surface area contributed by atoms with Gasteiger partial charge in [0.2, 0.25) is 5.95 Å². The van der Waals surface area contributed by atoms with Gasteiger partial charge in [-0.05, 0) is 18.4 Å². The molecule has 4 nitrogen and oxygen atoms in total. The van der Waals surface area contributed by atoms with Crippen molar-refractivity contribution in [3.63, 3.8) is 0 Å². The predicted octanol–water partition coefficient (Wildman–Crippen LogP) is 2.79. The topological polar surface area (TPSA) is 41.1 Å². The molecule has 1 N–H and O–H groups in total. The lowest BCUT2D eigenvalue weighted by Crippen LogP contribution is -2.32. The van der Waals surface area contributed by atoms with Gasteiger partial charge in [-0.3, -0.25) is 0 Å². The maximum Gasteiger partial charge on any atom is 0.224 e. The molecular weight excluding hydrogens is 263 g/mol. The van der Waals surface area contributed by atoms with E-state index in [1.165, 1.54) is 11.1 Å². The Balaban J connectivity index is 2.16. The number of likely N-dealkylation sites (N-methyl/N-ethyl adjacent to an activating group) is 1. The van der Waals surface area contributed by atoms with Crippen LogP contribution in [0.5, 0.6) is 0 Å². The van der Waals surface area contributed by atoms with Crippen molar-refractivity contribution in [2.75, 3.05) is 24.3 Å². The molecule has 0 saturated carbocycles. The van der Waals surface area contributed by atoms with E-state index in [1.807, 2.05) is 23.4 Å². The summed E-state index contributed by atoms with van der Waals surface area (Å²) < 4.78 is 13.8. The molecule has 2 heterocycles. The van der Waals surface area contributed by atoms with Gasteiger partial charge in [0.1, 0.15) is 0 Å². The van der Waals surface area contributed by atoms with Gasteiger partial charge >= 0.3 is 0 Å². The summed E-state index contributed by atoms with van der Waals surface area (Å²) in [4.78, 5) is 11.2. The first-order chi connectivity index (χ1) is 9.11. The van der Waals surface area contributed by atoms with Gasteiger partial charge in [-0.25, -0.2) is 9.37 Å². The maximum absolute atomic E-state index is 13.8. The third kappa shape index (κ3) is 3.20. The molecule has 0 spiro atoms. The Hall–Kier alpha value is -1.69. The van der Waals surface area contributed by atoms with E-state index in [2.05, 4.69) is 28.3 Å². The lowest BCUT2D eigenvalue weighted by atomic mass is 10.2. The van der Waals surface area contributed by atoms with E-state index < -0.39 is 5.82 Å². The molecule has 0 aromatic carbocycles. The van der Waals surface area contributed by atoms with E-state index >= 15 is 0 Å². The fourth-order valence-corrected chi connectivity index (χ4v) is 2.62. The lowest BCUT2D eigenvalue weighted by Gasteiger charge is -2.26. The second kappa shape index (κ2) is 5.97. The number of anilines is 2. The molecule has 0 radical (unpaired) electrons. The highest BCUT2D eigenvalue weighted by Crippen LogP contribution is 2.21. The van der Waals surface area contributed by atoms with Crippen molar-refractivity contribution in [3.8, 4) is 0 Å². The van der Waals surface area contributed by atoms with Crippen molar-refractivity contribution >= 4 is 23.1 Å². The molecule has 19 heavy (non-hydrogen) atoms. The molecule has 6 heteroatoms. The number of hydrogen-bond acceptors (Lipinski definition) is 5. The van der Waals surface area contributed by atoms with Gasteiger partial charge < -0.3 is 10.2 Å². The number of nitrogens with zero attached hydrogens (tertiary/aromatic N) is 3. The largest absolute Gasteiger partial charge is 0.357 e. The van der Waals surface area contributed by atoms with Crippen LogP contribution < -0.4 is 10.2 Å². The molecule has 0 amide bonds. The average molecular weight is 280 g/mol. The zero-order valence-corrected chi connectivity index (χ0v) is 12.0. The minimum absolute atomic E-state index is 0.160. The van der Waals surface area contributed by atoms with E-state index in [1.54, 1.807) is 18.4 Å². The summed E-state index contributed by atoms with van der Waals surface area (Å²) >= 11 is 1.71. The zero-order chi connectivity index (χ0) is 13.8. The van der Waals surface area contributed by atoms with Gasteiger partial charge in [-0.15, -0.1) is 11.3 Å². The van der Waals surface area contributed by atoms with Gasteiger partial charge in [0, 0.05) is 31.4 Å². The van der Waals surface area contributed by atoms with Gasteiger partial charge in [-0.1, -0.05) is 6.07 Å². The molecule has 1 atom stereocenters. The molecule has 2 aromatic rings. The van der Waals surface area contributed by atoms with Crippen LogP contribution in [0.1, 0.15) is 11.8 Å². The SMILES string of the molecule is CNc1ncc(F)c(N(C)C(C)Cc2cccs2)n1. The van der Waals surface area contributed by atoms with E-state index in [0.717, 1.165) is 6.42 Å². The van der Waals surface area contributed by atoms with Crippen LogP contribution in [-0.2, 0) is 6.42 Å². The van der Waals surface area contributed by atoms with Crippen LogP contribution in [0.3, 0.4) is 0 Å². The van der Waals surface area contributed by atoms with Crippen LogP contribution in [0.25, 0.3) is 0 Å². The molecule has 102 valence electrons. The maximum atomic E-state index is 13.8. The number of rotatable bonds is 5. The van der Waals surface area contributed by atoms with Crippen LogP contribution in [0.2, 0.25) is 0 Å². The molecule has 0 aliphatic rings. The monoisotopic (exact) mass is 280 g/mol. The summed E-state index contributed by atoms with van der Waals surface area (Å²) in [6.45, 7) is 2.06. The van der Waals surface area contributed by atoms with Gasteiger partial charge in [0.05, 0.1) is 6.20 Å². The standard InChI is InChI=1S/C13H17FN4S/c1-9(7-10-5-4-6-19-10)18(3)12-11(14)8-16-13(15-2)17-12/h4-6,8-9H,7H2,1-3H3,(H,15,16,17). The summed E-state index contributed by atoms with van der Waals surface area (Å²) in [6, 6.07) is 4.27. The molecule has 1 unspecified atom stereocenters. The van der Waals surface area contributed by atoms with Crippen molar-refractivity contribution in [1.82, 2.24) is 9.97 Å². The molecule has 0 aliphatic heterocycles. The van der Waals surface area contributed by atoms with Gasteiger partial charge in [-0.2, -0.15) is 4.98 Å². The fraction of sp³-hybridized carbons (Fsp3) is 0.385. The number of aromatic nitrogens is 2. The van der Waals surface area contributed by atoms with Crippen molar-refractivity contribution < 1.29 is 4.39 Å². The molecule has 0 aliphatic carbocycles. The Bertz CT molecular complexity index is 529. The Morgan fingerprint density at radius 2 is 2.32 bits per heavy atom. The quantitative estimate of drug-likeness (QED) is 0.914. The molecule has 2 aromatic heterocycles. The number of hydrogen-bond donors (Lipinski definition) is 1. The van der Waals surface area contributed by atoms with Crippen molar-refractivity contribution in [3.05, 3.63) is 34.4 Å². The van der Waals surface area contributed by atoms with Crippen LogP contribution >= 0.6 is 11.3 Å². The summed E-state index contributed by atoms with van der Waals surface area (Å²) in [5, 5.41) is 4.87. The van der Waals surface area contributed by atoms with Gasteiger partial charge in [0.25, 0.3) is 0 Å². The smallest absolute Gasteiger partial charge is 0.224 e. The second-order valence-corrected chi connectivity index (χ2v) is 5.39. The molecule has 0 bridgehead atoms. The third-order valence-electron chi connectivity index (χ3n) is 3.02. The number of halogens is 1. The van der Waals surface area contributed by atoms with E-state index in [-0.39, 0.29) is 6.04 Å². The fourth-order valence-electron chi connectivity index (χ4n) is 1.79. The summed E-state index contributed by atoms with van der Waals surface area (Å²) in [6.07, 6.45) is 2.06. The number of thiophene rings is 1. The van der Waals surface area contributed by atoms with E-state index in [4.69, 9.17) is 0 Å². The third-order valence-corrected chi connectivity index (χ3v) is 3.92.